The molecule has 1 heterocycles. The van der Waals surface area contributed by atoms with E-state index in [0.717, 1.165) is 11.4 Å². The molecule has 29 heavy (non-hydrogen) atoms. The second kappa shape index (κ2) is 7.21. The van der Waals surface area contributed by atoms with E-state index < -0.39 is 0 Å². The van der Waals surface area contributed by atoms with Crippen molar-refractivity contribution in [3.05, 3.63) is 119 Å². The summed E-state index contributed by atoms with van der Waals surface area (Å²) >= 11 is 0. The maximum absolute atomic E-state index is 5.79. The van der Waals surface area contributed by atoms with Gasteiger partial charge in [0.1, 0.15) is 6.61 Å². The van der Waals surface area contributed by atoms with Crippen LogP contribution < -0.4 is 0 Å². The molecule has 0 radical (unpaired) electrons. The van der Waals surface area contributed by atoms with Crippen LogP contribution >= 0.6 is 0 Å². The quantitative estimate of drug-likeness (QED) is 0.508. The lowest BCUT2D eigenvalue weighted by atomic mass is 9.89. The number of para-hydroxylation sites is 1. The Hall–Kier alpha value is -3.39. The van der Waals surface area contributed by atoms with Crippen molar-refractivity contribution >= 4 is 17.0 Å². The molecular weight excluding hydrogens is 354 g/mol. The van der Waals surface area contributed by atoms with Gasteiger partial charge in [-0.25, -0.2) is 0 Å². The highest BCUT2D eigenvalue weighted by Crippen LogP contribution is 2.48. The number of rotatable bonds is 3. The molecule has 1 aliphatic heterocycles. The first-order valence-corrected chi connectivity index (χ1v) is 10.0. The van der Waals surface area contributed by atoms with E-state index in [2.05, 4.69) is 92.7 Å². The number of nitrogens with zero attached hydrogens (tertiary/aromatic N) is 1. The molecular formula is C27H23NO. The Labute approximate surface area is 171 Å². The van der Waals surface area contributed by atoms with Gasteiger partial charge in [-0.15, -0.1) is 0 Å². The predicted molar refractivity (Wildman–Crippen MR) is 120 cm³/mol. The van der Waals surface area contributed by atoms with Crippen molar-refractivity contribution in [3.8, 4) is 0 Å². The molecule has 2 aliphatic rings. The number of benzene rings is 3. The Bertz CT molecular complexity index is 1130. The van der Waals surface area contributed by atoms with Crippen LogP contribution in [0.1, 0.15) is 28.2 Å². The fraction of sp³-hybridized carbons (Fsp3) is 0.148. The number of hydrogen-bond donors (Lipinski definition) is 0. The molecule has 3 aromatic rings. The smallest absolute Gasteiger partial charge is 0.113 e. The highest BCUT2D eigenvalue weighted by molar-refractivity contribution is 6.33. The topological polar surface area (TPSA) is 21.6 Å². The summed E-state index contributed by atoms with van der Waals surface area (Å²) in [7, 11) is 0. The zero-order valence-electron chi connectivity index (χ0n) is 16.7. The molecule has 5 rings (SSSR count). The number of ether oxygens (including phenoxy) is 1. The van der Waals surface area contributed by atoms with Crippen molar-refractivity contribution in [2.24, 2.45) is 4.99 Å². The van der Waals surface area contributed by atoms with Gasteiger partial charge < -0.3 is 4.74 Å². The molecule has 0 saturated carbocycles. The number of fused-ring (bicyclic) bond motifs is 1. The van der Waals surface area contributed by atoms with Crippen LogP contribution in [0.5, 0.6) is 0 Å². The molecule has 2 nitrogen and oxygen atoms in total. The molecule has 0 aromatic heterocycles. The van der Waals surface area contributed by atoms with Gasteiger partial charge in [0.15, 0.2) is 0 Å². The minimum absolute atomic E-state index is 0.0860. The van der Waals surface area contributed by atoms with E-state index >= 15 is 0 Å². The van der Waals surface area contributed by atoms with Gasteiger partial charge in [-0.05, 0) is 36.1 Å². The maximum atomic E-state index is 5.79. The van der Waals surface area contributed by atoms with E-state index in [9.17, 15) is 0 Å². The first-order valence-electron chi connectivity index (χ1n) is 10.0. The highest BCUT2D eigenvalue weighted by Gasteiger charge is 2.40. The first kappa shape index (κ1) is 17.7. The number of aliphatic imine (C=N–C) groups is 1. The molecule has 0 spiro atoms. The van der Waals surface area contributed by atoms with Crippen LogP contribution in [0.25, 0.3) is 5.57 Å². The van der Waals surface area contributed by atoms with Crippen LogP contribution in [0.15, 0.2) is 101 Å². The van der Waals surface area contributed by atoms with Gasteiger partial charge in [-0.3, -0.25) is 4.99 Å². The Morgan fingerprint density at radius 2 is 1.45 bits per heavy atom. The second-order valence-electron chi connectivity index (χ2n) is 7.68. The van der Waals surface area contributed by atoms with Crippen LogP contribution in [0.4, 0.5) is 5.69 Å². The SMILES string of the molecule is Cc1cccc(C)c1N=C1C(c2ccccc2)=C2COC=C2C1c1ccccc1. The summed E-state index contributed by atoms with van der Waals surface area (Å²) in [6.07, 6.45) is 1.93. The maximum Gasteiger partial charge on any atom is 0.113 e. The van der Waals surface area contributed by atoms with E-state index in [1.807, 2.05) is 6.26 Å². The van der Waals surface area contributed by atoms with E-state index in [4.69, 9.17) is 9.73 Å². The van der Waals surface area contributed by atoms with Gasteiger partial charge in [-0.2, -0.15) is 0 Å². The lowest BCUT2D eigenvalue weighted by Gasteiger charge is -2.17. The zero-order valence-corrected chi connectivity index (χ0v) is 16.7. The fourth-order valence-electron chi connectivity index (χ4n) is 4.41. The lowest BCUT2D eigenvalue weighted by molar-refractivity contribution is 0.301. The zero-order chi connectivity index (χ0) is 19.8. The fourth-order valence-corrected chi connectivity index (χ4v) is 4.41. The monoisotopic (exact) mass is 377 g/mol. The normalized spacial score (nSPS) is 19.3. The van der Waals surface area contributed by atoms with E-state index in [1.165, 1.54) is 39.0 Å². The third kappa shape index (κ3) is 3.01. The predicted octanol–water partition coefficient (Wildman–Crippen LogP) is 6.54. The van der Waals surface area contributed by atoms with E-state index in [0.29, 0.717) is 6.61 Å². The standard InChI is InChI=1S/C27H23NO/c1-18-10-9-11-19(2)26(18)28-27-24(20-12-5-3-6-13-20)22-16-29-17-23(22)25(27)21-14-7-4-8-15-21/h3-16,24H,17H2,1-2H3. The molecule has 0 N–H and O–H groups in total. The first-order chi connectivity index (χ1) is 14.2. The van der Waals surface area contributed by atoms with Gasteiger partial charge >= 0.3 is 0 Å². The van der Waals surface area contributed by atoms with Crippen LogP contribution in [0, 0.1) is 13.8 Å². The molecule has 0 saturated heterocycles. The Morgan fingerprint density at radius 3 is 2.14 bits per heavy atom. The molecule has 0 bridgehead atoms. The highest BCUT2D eigenvalue weighted by atomic mass is 16.5. The van der Waals surface area contributed by atoms with Gasteiger partial charge in [-0.1, -0.05) is 78.9 Å². The molecule has 2 heteroatoms. The van der Waals surface area contributed by atoms with Crippen molar-refractivity contribution in [2.75, 3.05) is 6.61 Å². The van der Waals surface area contributed by atoms with Gasteiger partial charge in [0.2, 0.25) is 0 Å². The lowest BCUT2D eigenvalue weighted by Crippen LogP contribution is -2.10. The van der Waals surface area contributed by atoms with Crippen LogP contribution in [0.3, 0.4) is 0 Å². The number of aryl methyl sites for hydroxylation is 2. The van der Waals surface area contributed by atoms with Crippen molar-refractivity contribution in [1.29, 1.82) is 0 Å². The summed E-state index contributed by atoms with van der Waals surface area (Å²) in [4.78, 5) is 5.32. The molecule has 3 aromatic carbocycles. The summed E-state index contributed by atoms with van der Waals surface area (Å²) in [6.45, 7) is 4.88. The minimum atomic E-state index is 0.0860. The Kier molecular flexibility index (Phi) is 4.40. The van der Waals surface area contributed by atoms with Gasteiger partial charge in [0, 0.05) is 16.7 Å². The number of allylic oxidation sites excluding steroid dienone is 1. The Morgan fingerprint density at radius 1 is 0.793 bits per heavy atom. The van der Waals surface area contributed by atoms with Crippen molar-refractivity contribution < 1.29 is 4.74 Å². The molecule has 1 unspecified atom stereocenters. The average Bonchev–Trinajstić information content (AvgIpc) is 3.32. The summed E-state index contributed by atoms with van der Waals surface area (Å²) in [5.74, 6) is 0.0860. The molecule has 142 valence electrons. The summed E-state index contributed by atoms with van der Waals surface area (Å²) in [5, 5.41) is 0. The third-order valence-electron chi connectivity index (χ3n) is 5.80. The van der Waals surface area contributed by atoms with Crippen molar-refractivity contribution in [2.45, 2.75) is 19.8 Å². The number of hydrogen-bond acceptors (Lipinski definition) is 2. The Balaban J connectivity index is 1.78. The largest absolute Gasteiger partial charge is 0.496 e. The second-order valence-corrected chi connectivity index (χ2v) is 7.68. The molecule has 0 fully saturated rings. The van der Waals surface area contributed by atoms with Crippen LogP contribution in [-0.2, 0) is 4.74 Å². The van der Waals surface area contributed by atoms with Gasteiger partial charge in [0.05, 0.1) is 23.6 Å². The van der Waals surface area contributed by atoms with Crippen molar-refractivity contribution in [3.63, 3.8) is 0 Å². The summed E-state index contributed by atoms with van der Waals surface area (Å²) in [5.41, 5.74) is 10.7. The van der Waals surface area contributed by atoms with Gasteiger partial charge in [0.25, 0.3) is 0 Å². The summed E-state index contributed by atoms with van der Waals surface area (Å²) < 4.78 is 5.79. The van der Waals surface area contributed by atoms with Crippen molar-refractivity contribution in [1.82, 2.24) is 0 Å². The average molecular weight is 377 g/mol. The molecule has 1 atom stereocenters. The summed E-state index contributed by atoms with van der Waals surface area (Å²) in [6, 6.07) is 27.6. The molecule has 1 aliphatic carbocycles. The van der Waals surface area contributed by atoms with E-state index in [1.54, 1.807) is 0 Å². The van der Waals surface area contributed by atoms with E-state index in [-0.39, 0.29) is 5.92 Å². The third-order valence-corrected chi connectivity index (χ3v) is 5.80. The van der Waals surface area contributed by atoms with Crippen LogP contribution in [-0.4, -0.2) is 12.3 Å². The molecule has 0 amide bonds. The minimum Gasteiger partial charge on any atom is -0.496 e. The van der Waals surface area contributed by atoms with Crippen LogP contribution in [0.2, 0.25) is 0 Å².